The first-order valence-electron chi connectivity index (χ1n) is 7.91. The Bertz CT molecular complexity index is 668. The highest BCUT2D eigenvalue weighted by atomic mass is 16.3. The minimum absolute atomic E-state index is 0.928. The Balaban J connectivity index is 2.07. The smallest absolute Gasteiger partial charge is 0.112 e. The first kappa shape index (κ1) is 14.3. The molecule has 0 aliphatic heterocycles. The number of fused-ring (bicyclic) bond motifs is 1. The summed E-state index contributed by atoms with van der Waals surface area (Å²) in [6, 6.07) is 12.8. The van der Waals surface area contributed by atoms with Crippen molar-refractivity contribution in [1.29, 1.82) is 0 Å². The molecular formula is C20H24O. The molecule has 0 fully saturated rings. The molecular weight excluding hydrogens is 256 g/mol. The molecule has 1 unspecified atom stereocenters. The van der Waals surface area contributed by atoms with Crippen LogP contribution in [0.2, 0.25) is 0 Å². The fourth-order valence-corrected chi connectivity index (χ4v) is 3.45. The fraction of sp³-hybridized carbons (Fsp3) is 0.400. The summed E-state index contributed by atoms with van der Waals surface area (Å²) < 4.78 is 0. The summed E-state index contributed by atoms with van der Waals surface area (Å²) in [6.07, 6.45) is 4.88. The SMILES string of the molecule is Cc1ccc(C)c(C(C)(O)c2ccc3c(c2)CCCC3)c1. The molecule has 0 amide bonds. The first-order valence-corrected chi connectivity index (χ1v) is 7.91. The van der Waals surface area contributed by atoms with Crippen molar-refractivity contribution < 1.29 is 5.11 Å². The van der Waals surface area contributed by atoms with Gasteiger partial charge in [0.05, 0.1) is 0 Å². The summed E-state index contributed by atoms with van der Waals surface area (Å²) in [6.45, 7) is 6.06. The van der Waals surface area contributed by atoms with E-state index in [2.05, 4.69) is 50.2 Å². The van der Waals surface area contributed by atoms with Crippen molar-refractivity contribution >= 4 is 0 Å². The standard InChI is InChI=1S/C20H24O/c1-14-8-9-15(2)19(12-14)20(3,21)18-11-10-16-6-4-5-7-17(16)13-18/h8-13,21H,4-7H2,1-3H3. The van der Waals surface area contributed by atoms with Gasteiger partial charge in [0.1, 0.15) is 5.60 Å². The summed E-state index contributed by atoms with van der Waals surface area (Å²) in [5.74, 6) is 0. The van der Waals surface area contributed by atoms with E-state index in [0.717, 1.165) is 23.1 Å². The van der Waals surface area contributed by atoms with Crippen LogP contribution in [0.25, 0.3) is 0 Å². The molecule has 0 radical (unpaired) electrons. The Labute approximate surface area is 127 Å². The highest BCUT2D eigenvalue weighted by Gasteiger charge is 2.28. The second-order valence-corrected chi connectivity index (χ2v) is 6.58. The van der Waals surface area contributed by atoms with Crippen molar-refractivity contribution in [3.63, 3.8) is 0 Å². The predicted molar refractivity (Wildman–Crippen MR) is 87.7 cm³/mol. The molecule has 1 aliphatic rings. The van der Waals surface area contributed by atoms with Crippen molar-refractivity contribution in [2.45, 2.75) is 52.1 Å². The van der Waals surface area contributed by atoms with Crippen LogP contribution in [0, 0.1) is 13.8 Å². The van der Waals surface area contributed by atoms with Crippen LogP contribution >= 0.6 is 0 Å². The second kappa shape index (κ2) is 5.31. The van der Waals surface area contributed by atoms with Gasteiger partial charge in [-0.2, -0.15) is 0 Å². The predicted octanol–water partition coefficient (Wildman–Crippen LogP) is 4.44. The van der Waals surface area contributed by atoms with Crippen LogP contribution in [0.3, 0.4) is 0 Å². The Hall–Kier alpha value is -1.60. The molecule has 0 saturated carbocycles. The van der Waals surface area contributed by atoms with Gasteiger partial charge in [-0.05, 0) is 74.3 Å². The molecule has 0 aromatic heterocycles. The molecule has 0 bridgehead atoms. The average Bonchev–Trinajstić information content (AvgIpc) is 2.49. The zero-order chi connectivity index (χ0) is 15.0. The number of benzene rings is 2. The Morgan fingerprint density at radius 2 is 1.62 bits per heavy atom. The second-order valence-electron chi connectivity index (χ2n) is 6.58. The molecule has 1 atom stereocenters. The minimum Gasteiger partial charge on any atom is -0.381 e. The molecule has 0 heterocycles. The average molecular weight is 280 g/mol. The summed E-state index contributed by atoms with van der Waals surface area (Å²) in [7, 11) is 0. The summed E-state index contributed by atoms with van der Waals surface area (Å²) in [5.41, 5.74) is 6.31. The van der Waals surface area contributed by atoms with Crippen LogP contribution in [-0.4, -0.2) is 5.11 Å². The van der Waals surface area contributed by atoms with E-state index in [-0.39, 0.29) is 0 Å². The van der Waals surface area contributed by atoms with Crippen LogP contribution in [0.1, 0.15) is 53.1 Å². The van der Waals surface area contributed by atoms with Crippen LogP contribution in [0.4, 0.5) is 0 Å². The fourth-order valence-electron chi connectivity index (χ4n) is 3.45. The van der Waals surface area contributed by atoms with Crippen molar-refractivity contribution in [3.05, 3.63) is 69.8 Å². The van der Waals surface area contributed by atoms with E-state index in [0.29, 0.717) is 0 Å². The molecule has 1 aliphatic carbocycles. The van der Waals surface area contributed by atoms with Gasteiger partial charge in [0.25, 0.3) is 0 Å². The van der Waals surface area contributed by atoms with E-state index in [1.807, 2.05) is 6.92 Å². The van der Waals surface area contributed by atoms with E-state index in [9.17, 15) is 5.11 Å². The molecule has 1 heteroatoms. The topological polar surface area (TPSA) is 20.2 Å². The Morgan fingerprint density at radius 1 is 0.905 bits per heavy atom. The largest absolute Gasteiger partial charge is 0.381 e. The lowest BCUT2D eigenvalue weighted by molar-refractivity contribution is 0.101. The molecule has 2 aromatic rings. The molecule has 0 spiro atoms. The molecule has 3 rings (SSSR count). The lowest BCUT2D eigenvalue weighted by Crippen LogP contribution is -2.24. The van der Waals surface area contributed by atoms with Crippen molar-refractivity contribution in [3.8, 4) is 0 Å². The zero-order valence-corrected chi connectivity index (χ0v) is 13.2. The van der Waals surface area contributed by atoms with Gasteiger partial charge >= 0.3 is 0 Å². The number of aryl methyl sites for hydroxylation is 4. The highest BCUT2D eigenvalue weighted by Crippen LogP contribution is 2.34. The van der Waals surface area contributed by atoms with E-state index < -0.39 is 5.60 Å². The monoisotopic (exact) mass is 280 g/mol. The van der Waals surface area contributed by atoms with Crippen molar-refractivity contribution in [2.75, 3.05) is 0 Å². The van der Waals surface area contributed by atoms with Gasteiger partial charge in [-0.3, -0.25) is 0 Å². The van der Waals surface area contributed by atoms with Gasteiger partial charge in [-0.15, -0.1) is 0 Å². The molecule has 21 heavy (non-hydrogen) atoms. The normalized spacial score (nSPS) is 17.1. The van der Waals surface area contributed by atoms with Crippen LogP contribution < -0.4 is 0 Å². The molecule has 1 nitrogen and oxygen atoms in total. The van der Waals surface area contributed by atoms with E-state index in [4.69, 9.17) is 0 Å². The van der Waals surface area contributed by atoms with E-state index >= 15 is 0 Å². The third-order valence-corrected chi connectivity index (χ3v) is 4.83. The van der Waals surface area contributed by atoms with Gasteiger partial charge in [-0.25, -0.2) is 0 Å². The van der Waals surface area contributed by atoms with Crippen LogP contribution in [0.15, 0.2) is 36.4 Å². The maximum Gasteiger partial charge on any atom is 0.112 e. The zero-order valence-electron chi connectivity index (χ0n) is 13.2. The van der Waals surface area contributed by atoms with Gasteiger partial charge in [-0.1, -0.05) is 42.0 Å². The first-order chi connectivity index (χ1) is 9.98. The number of aliphatic hydroxyl groups is 1. The molecule has 2 aromatic carbocycles. The van der Waals surface area contributed by atoms with E-state index in [1.54, 1.807) is 0 Å². The third-order valence-electron chi connectivity index (χ3n) is 4.83. The van der Waals surface area contributed by atoms with Crippen LogP contribution in [0.5, 0.6) is 0 Å². The quantitative estimate of drug-likeness (QED) is 0.862. The summed E-state index contributed by atoms with van der Waals surface area (Å²) in [4.78, 5) is 0. The molecule has 0 saturated heterocycles. The van der Waals surface area contributed by atoms with Gasteiger partial charge in [0, 0.05) is 0 Å². The lowest BCUT2D eigenvalue weighted by atomic mass is 9.81. The van der Waals surface area contributed by atoms with E-state index in [1.165, 1.54) is 36.0 Å². The van der Waals surface area contributed by atoms with Gasteiger partial charge in [0.2, 0.25) is 0 Å². The highest BCUT2D eigenvalue weighted by molar-refractivity contribution is 5.44. The summed E-state index contributed by atoms with van der Waals surface area (Å²) in [5, 5.41) is 11.2. The van der Waals surface area contributed by atoms with Gasteiger partial charge < -0.3 is 5.11 Å². The Morgan fingerprint density at radius 3 is 2.38 bits per heavy atom. The number of hydrogen-bond acceptors (Lipinski definition) is 1. The number of hydrogen-bond donors (Lipinski definition) is 1. The Kier molecular flexibility index (Phi) is 3.62. The molecule has 1 N–H and O–H groups in total. The van der Waals surface area contributed by atoms with Crippen molar-refractivity contribution in [2.24, 2.45) is 0 Å². The third kappa shape index (κ3) is 2.63. The summed E-state index contributed by atoms with van der Waals surface area (Å²) >= 11 is 0. The lowest BCUT2D eigenvalue weighted by Gasteiger charge is -2.28. The van der Waals surface area contributed by atoms with Gasteiger partial charge in [0.15, 0.2) is 0 Å². The minimum atomic E-state index is -0.928. The number of rotatable bonds is 2. The molecule has 110 valence electrons. The van der Waals surface area contributed by atoms with Crippen LogP contribution in [-0.2, 0) is 18.4 Å². The van der Waals surface area contributed by atoms with Crippen molar-refractivity contribution in [1.82, 2.24) is 0 Å². The maximum absolute atomic E-state index is 11.2. The maximum atomic E-state index is 11.2.